The van der Waals surface area contributed by atoms with E-state index in [4.69, 9.17) is 4.74 Å². The monoisotopic (exact) mass is 333 g/mol. The molecule has 2 aromatic rings. The van der Waals surface area contributed by atoms with Crippen molar-refractivity contribution in [3.63, 3.8) is 0 Å². The second-order valence-corrected chi connectivity index (χ2v) is 6.45. The number of aliphatic carboxylic acids is 1. The molecule has 2 rings (SSSR count). The van der Waals surface area contributed by atoms with Gasteiger partial charge in [-0.1, -0.05) is 18.2 Å². The van der Waals surface area contributed by atoms with Gasteiger partial charge in [-0.05, 0) is 32.4 Å². The molecule has 128 valence electrons. The zero-order valence-corrected chi connectivity index (χ0v) is 13.8. The summed E-state index contributed by atoms with van der Waals surface area (Å²) in [4.78, 5) is 37.7. The maximum Gasteiger partial charge on any atom is 0.408 e. The van der Waals surface area contributed by atoms with Gasteiger partial charge in [-0.25, -0.2) is 9.59 Å². The second kappa shape index (κ2) is 6.74. The number of hydrogen-bond acceptors (Lipinski definition) is 4. The van der Waals surface area contributed by atoms with E-state index >= 15 is 0 Å². The van der Waals surface area contributed by atoms with Gasteiger partial charge in [0.15, 0.2) is 0 Å². The molecule has 1 heterocycles. The summed E-state index contributed by atoms with van der Waals surface area (Å²) in [5.74, 6) is -1.20. The van der Waals surface area contributed by atoms with Gasteiger partial charge in [0.25, 0.3) is 0 Å². The van der Waals surface area contributed by atoms with Crippen molar-refractivity contribution in [3.05, 3.63) is 46.2 Å². The summed E-state index contributed by atoms with van der Waals surface area (Å²) in [6.45, 7) is 5.06. The Bertz CT molecular complexity index is 820. The average Bonchev–Trinajstić information content (AvgIpc) is 2.44. The number of pyridine rings is 1. The standard InChI is InChI=1S/C17H20N2O5/c1-17(2,3)24-16(23)19-13(15(21)22)8-10-9-14(20)18-12-7-5-4-6-11(10)12/h4-7,9,13H,8H2,1-3H3,(H,18,20)(H,19,23)(H,21,22)/i15+1. The van der Waals surface area contributed by atoms with Crippen LogP contribution >= 0.6 is 0 Å². The first kappa shape index (κ1) is 17.5. The molecule has 0 aliphatic carbocycles. The molecule has 1 unspecified atom stereocenters. The van der Waals surface area contributed by atoms with E-state index in [9.17, 15) is 19.5 Å². The first-order valence-corrected chi connectivity index (χ1v) is 7.49. The Morgan fingerprint density at radius 3 is 2.58 bits per heavy atom. The third-order valence-electron chi connectivity index (χ3n) is 3.25. The fourth-order valence-corrected chi connectivity index (χ4v) is 2.32. The number of nitrogens with one attached hydrogen (secondary N) is 2. The van der Waals surface area contributed by atoms with E-state index in [0.717, 1.165) is 5.39 Å². The van der Waals surface area contributed by atoms with Crippen molar-refractivity contribution in [2.45, 2.75) is 38.8 Å². The van der Waals surface area contributed by atoms with Crippen LogP contribution in [0.15, 0.2) is 35.1 Å². The van der Waals surface area contributed by atoms with E-state index in [2.05, 4.69) is 10.3 Å². The van der Waals surface area contributed by atoms with Crippen LogP contribution in [-0.4, -0.2) is 33.8 Å². The molecule has 24 heavy (non-hydrogen) atoms. The smallest absolute Gasteiger partial charge is 0.408 e. The van der Waals surface area contributed by atoms with E-state index in [1.807, 2.05) is 0 Å². The quantitative estimate of drug-likeness (QED) is 0.742. The van der Waals surface area contributed by atoms with Crippen LogP contribution in [-0.2, 0) is 16.0 Å². The summed E-state index contributed by atoms with van der Waals surface area (Å²) >= 11 is 0. The lowest BCUT2D eigenvalue weighted by Gasteiger charge is -2.22. The molecule has 0 aliphatic rings. The van der Waals surface area contributed by atoms with Gasteiger partial charge in [0.05, 0.1) is 0 Å². The lowest BCUT2D eigenvalue weighted by Crippen LogP contribution is -2.44. The molecule has 0 radical (unpaired) electrons. The molecule has 3 N–H and O–H groups in total. The van der Waals surface area contributed by atoms with Gasteiger partial charge in [0.1, 0.15) is 11.6 Å². The molecule has 1 aromatic carbocycles. The number of aromatic amines is 1. The molecule has 0 saturated carbocycles. The normalized spacial score (nSPS) is 12.6. The van der Waals surface area contributed by atoms with Crippen molar-refractivity contribution >= 4 is 23.0 Å². The number of carboxylic acids is 1. The maximum atomic E-state index is 11.8. The molecular weight excluding hydrogens is 313 g/mol. The molecule has 0 aliphatic heterocycles. The molecule has 7 heteroatoms. The molecule has 0 bridgehead atoms. The highest BCUT2D eigenvalue weighted by molar-refractivity contribution is 5.84. The first-order chi connectivity index (χ1) is 11.2. The van der Waals surface area contributed by atoms with Crippen molar-refractivity contribution in [2.75, 3.05) is 0 Å². The number of carbonyl (C=O) groups is 2. The fraction of sp³-hybridized carbons (Fsp3) is 0.353. The molecule has 1 aromatic heterocycles. The van der Waals surface area contributed by atoms with E-state index in [-0.39, 0.29) is 12.0 Å². The topological polar surface area (TPSA) is 108 Å². The number of benzene rings is 1. The highest BCUT2D eigenvalue weighted by atomic mass is 16.6. The van der Waals surface area contributed by atoms with Crippen molar-refractivity contribution in [1.29, 1.82) is 0 Å². The number of aromatic nitrogens is 1. The Balaban J connectivity index is 2.27. The lowest BCUT2D eigenvalue weighted by molar-refractivity contribution is -0.139. The molecule has 0 spiro atoms. The van der Waals surface area contributed by atoms with Gasteiger partial charge in [0.2, 0.25) is 5.56 Å². The lowest BCUT2D eigenvalue weighted by atomic mass is 10.0. The predicted molar refractivity (Wildman–Crippen MR) is 89.1 cm³/mol. The Morgan fingerprint density at radius 1 is 1.29 bits per heavy atom. The first-order valence-electron chi connectivity index (χ1n) is 7.49. The van der Waals surface area contributed by atoms with Crippen LogP contribution in [0.3, 0.4) is 0 Å². The highest BCUT2D eigenvalue weighted by Gasteiger charge is 2.25. The number of alkyl carbamates (subject to hydrolysis) is 1. The molecule has 0 saturated heterocycles. The highest BCUT2D eigenvalue weighted by Crippen LogP contribution is 2.16. The van der Waals surface area contributed by atoms with E-state index < -0.39 is 23.7 Å². The summed E-state index contributed by atoms with van der Waals surface area (Å²) in [6, 6.07) is 7.22. The van der Waals surface area contributed by atoms with Crippen LogP contribution < -0.4 is 10.9 Å². The molecule has 7 nitrogen and oxygen atoms in total. The number of hydrogen-bond donors (Lipinski definition) is 3. The van der Waals surface area contributed by atoms with Gasteiger partial charge in [-0.2, -0.15) is 0 Å². The number of carbonyl (C=O) groups excluding carboxylic acids is 1. The van der Waals surface area contributed by atoms with Crippen LogP contribution in [0.2, 0.25) is 0 Å². The summed E-state index contributed by atoms with van der Waals surface area (Å²) in [5.41, 5.74) is 0.0910. The average molecular weight is 333 g/mol. The van der Waals surface area contributed by atoms with Crippen LogP contribution in [0.5, 0.6) is 0 Å². The summed E-state index contributed by atoms with van der Waals surface area (Å²) < 4.78 is 5.09. The fourth-order valence-electron chi connectivity index (χ4n) is 2.32. The van der Waals surface area contributed by atoms with Gasteiger partial charge in [-0.15, -0.1) is 0 Å². The van der Waals surface area contributed by atoms with E-state index in [1.165, 1.54) is 6.07 Å². The Morgan fingerprint density at radius 2 is 1.96 bits per heavy atom. The van der Waals surface area contributed by atoms with Crippen LogP contribution in [0.1, 0.15) is 26.3 Å². The van der Waals surface area contributed by atoms with E-state index in [1.54, 1.807) is 45.0 Å². The van der Waals surface area contributed by atoms with Crippen molar-refractivity contribution < 1.29 is 19.4 Å². The van der Waals surface area contributed by atoms with Gasteiger partial charge in [0, 0.05) is 23.4 Å². The summed E-state index contributed by atoms with van der Waals surface area (Å²) in [5, 5.41) is 12.4. The Labute approximate surface area is 138 Å². The second-order valence-electron chi connectivity index (χ2n) is 6.45. The zero-order valence-electron chi connectivity index (χ0n) is 13.8. The number of amides is 1. The number of para-hydroxylation sites is 1. The van der Waals surface area contributed by atoms with Crippen LogP contribution in [0.25, 0.3) is 10.9 Å². The van der Waals surface area contributed by atoms with Gasteiger partial charge < -0.3 is 20.1 Å². The SMILES string of the molecule is CC(C)(C)OC(=O)NC(Cc1cc(=O)[nH]c2ccccc12)[13C](=O)O. The van der Waals surface area contributed by atoms with Gasteiger partial charge >= 0.3 is 12.1 Å². The van der Waals surface area contributed by atoms with E-state index in [0.29, 0.717) is 11.1 Å². The minimum Gasteiger partial charge on any atom is -0.480 e. The molecule has 0 fully saturated rings. The summed E-state index contributed by atoms with van der Waals surface area (Å²) in [6.07, 6.45) is -0.844. The van der Waals surface area contributed by atoms with Crippen molar-refractivity contribution in [3.8, 4) is 0 Å². The van der Waals surface area contributed by atoms with Gasteiger partial charge in [-0.3, -0.25) is 4.79 Å². The number of rotatable bonds is 4. The predicted octanol–water partition coefficient (Wildman–Crippen LogP) is 2.05. The number of ether oxygens (including phenoxy) is 1. The third-order valence-corrected chi connectivity index (χ3v) is 3.25. The summed E-state index contributed by atoms with van der Waals surface area (Å²) in [7, 11) is 0. The van der Waals surface area contributed by atoms with Crippen molar-refractivity contribution in [1.82, 2.24) is 10.3 Å². The van der Waals surface area contributed by atoms with Crippen LogP contribution in [0.4, 0.5) is 4.79 Å². The third kappa shape index (κ3) is 4.58. The molecule has 1 atom stereocenters. The minimum atomic E-state index is -1.20. The minimum absolute atomic E-state index is 0.0288. The van der Waals surface area contributed by atoms with Crippen LogP contribution in [0, 0.1) is 0 Å². The number of fused-ring (bicyclic) bond motifs is 1. The Kier molecular flexibility index (Phi) is 4.92. The zero-order chi connectivity index (χ0) is 17.9. The largest absolute Gasteiger partial charge is 0.480 e. The molecular formula is C17H20N2O5. The van der Waals surface area contributed by atoms with Crippen molar-refractivity contribution in [2.24, 2.45) is 0 Å². The number of H-pyrrole nitrogens is 1. The number of carboxylic acid groups (broad SMARTS) is 1. The maximum absolute atomic E-state index is 11.8. The molecule has 1 amide bonds. The Hall–Kier alpha value is -2.83.